The first-order chi connectivity index (χ1) is 19.7. The molecule has 3 aromatic rings. The van der Waals surface area contributed by atoms with Gasteiger partial charge in [0.2, 0.25) is 0 Å². The highest BCUT2D eigenvalue weighted by Gasteiger charge is 2.07. The van der Waals surface area contributed by atoms with Crippen LogP contribution in [0.5, 0.6) is 11.5 Å². The van der Waals surface area contributed by atoms with Gasteiger partial charge in [-0.15, -0.1) is 0 Å². The van der Waals surface area contributed by atoms with Crippen molar-refractivity contribution in [1.29, 1.82) is 0 Å². The van der Waals surface area contributed by atoms with Gasteiger partial charge in [-0.05, 0) is 48.2 Å². The van der Waals surface area contributed by atoms with Crippen molar-refractivity contribution in [3.8, 4) is 11.5 Å². The van der Waals surface area contributed by atoms with E-state index >= 15 is 0 Å². The molecular formula is C32H38O8. The number of rotatable bonds is 20. The smallest absolute Gasteiger partial charge is 0.306 e. The molecule has 0 fully saturated rings. The predicted octanol–water partition coefficient (Wildman–Crippen LogP) is 4.83. The predicted molar refractivity (Wildman–Crippen MR) is 151 cm³/mol. The van der Waals surface area contributed by atoms with E-state index in [2.05, 4.69) is 0 Å². The average molecular weight is 551 g/mol. The molecular weight excluding hydrogens is 512 g/mol. The van der Waals surface area contributed by atoms with Crippen molar-refractivity contribution in [2.45, 2.75) is 25.7 Å². The number of carbonyl (C=O) groups excluding carboxylic acids is 2. The normalized spacial score (nSPS) is 10.6. The molecule has 3 rings (SSSR count). The first kappa shape index (κ1) is 30.7. The highest BCUT2D eigenvalue weighted by molar-refractivity contribution is 5.70. The molecule has 0 saturated carbocycles. The van der Waals surface area contributed by atoms with Crippen LogP contribution in [0.25, 0.3) is 0 Å². The zero-order valence-corrected chi connectivity index (χ0v) is 22.8. The summed E-state index contributed by atoms with van der Waals surface area (Å²) in [5.41, 5.74) is 2.03. The van der Waals surface area contributed by atoms with Crippen molar-refractivity contribution in [2.75, 3.05) is 52.9 Å². The van der Waals surface area contributed by atoms with E-state index in [9.17, 15) is 9.59 Å². The largest absolute Gasteiger partial charge is 0.491 e. The lowest BCUT2D eigenvalue weighted by Gasteiger charge is -2.09. The molecule has 40 heavy (non-hydrogen) atoms. The van der Waals surface area contributed by atoms with Gasteiger partial charge in [0.15, 0.2) is 0 Å². The minimum Gasteiger partial charge on any atom is -0.491 e. The van der Waals surface area contributed by atoms with Crippen molar-refractivity contribution in [3.63, 3.8) is 0 Å². The van der Waals surface area contributed by atoms with E-state index in [0.29, 0.717) is 52.5 Å². The van der Waals surface area contributed by atoms with Crippen LogP contribution >= 0.6 is 0 Å². The molecule has 214 valence electrons. The number of benzene rings is 3. The van der Waals surface area contributed by atoms with Gasteiger partial charge in [0, 0.05) is 12.8 Å². The molecule has 0 aliphatic rings. The van der Waals surface area contributed by atoms with E-state index in [1.807, 2.05) is 84.9 Å². The topological polar surface area (TPSA) is 89.5 Å². The molecule has 0 aromatic heterocycles. The van der Waals surface area contributed by atoms with Crippen LogP contribution in [-0.2, 0) is 41.4 Å². The highest BCUT2D eigenvalue weighted by Crippen LogP contribution is 2.11. The first-order valence-corrected chi connectivity index (χ1v) is 13.6. The summed E-state index contributed by atoms with van der Waals surface area (Å²) in [5.74, 6) is 1.05. The third-order valence-corrected chi connectivity index (χ3v) is 5.69. The fourth-order valence-corrected chi connectivity index (χ4v) is 3.68. The van der Waals surface area contributed by atoms with Crippen LogP contribution in [0.1, 0.15) is 24.0 Å². The lowest BCUT2D eigenvalue weighted by Crippen LogP contribution is -2.14. The Morgan fingerprint density at radius 2 is 0.900 bits per heavy atom. The van der Waals surface area contributed by atoms with Gasteiger partial charge in [-0.3, -0.25) is 9.59 Å². The van der Waals surface area contributed by atoms with E-state index < -0.39 is 0 Å². The molecule has 0 radical (unpaired) electrons. The summed E-state index contributed by atoms with van der Waals surface area (Å²) >= 11 is 0. The van der Waals surface area contributed by atoms with E-state index in [-0.39, 0.29) is 38.0 Å². The molecule has 0 spiro atoms. The summed E-state index contributed by atoms with van der Waals surface area (Å²) in [6.45, 7) is 2.78. The lowest BCUT2D eigenvalue weighted by molar-refractivity contribution is -0.146. The third-order valence-electron chi connectivity index (χ3n) is 5.69. The minimum atomic E-state index is -0.271. The summed E-state index contributed by atoms with van der Waals surface area (Å²) < 4.78 is 32.4. The Morgan fingerprint density at radius 1 is 0.475 bits per heavy atom. The second-order valence-corrected chi connectivity index (χ2v) is 8.81. The van der Waals surface area contributed by atoms with Gasteiger partial charge in [0.1, 0.15) is 37.9 Å². The van der Waals surface area contributed by atoms with Gasteiger partial charge < -0.3 is 28.4 Å². The van der Waals surface area contributed by atoms with Gasteiger partial charge in [-0.25, -0.2) is 0 Å². The third kappa shape index (κ3) is 13.8. The molecule has 0 heterocycles. The molecule has 3 aromatic carbocycles. The Labute approximate surface area is 236 Å². The number of ether oxygens (including phenoxy) is 6. The van der Waals surface area contributed by atoms with Crippen molar-refractivity contribution < 1.29 is 38.0 Å². The second-order valence-electron chi connectivity index (χ2n) is 8.81. The van der Waals surface area contributed by atoms with Crippen LogP contribution in [0, 0.1) is 0 Å². The number of aryl methyl sites for hydroxylation is 2. The number of hydrogen-bond donors (Lipinski definition) is 0. The lowest BCUT2D eigenvalue weighted by atomic mass is 10.0. The molecule has 0 unspecified atom stereocenters. The highest BCUT2D eigenvalue weighted by atomic mass is 16.6. The van der Waals surface area contributed by atoms with Crippen LogP contribution in [0.4, 0.5) is 0 Å². The van der Waals surface area contributed by atoms with Crippen molar-refractivity contribution in [1.82, 2.24) is 0 Å². The summed E-state index contributed by atoms with van der Waals surface area (Å²) in [6, 6.07) is 26.9. The maximum Gasteiger partial charge on any atom is 0.306 e. The van der Waals surface area contributed by atoms with Crippen LogP contribution in [-0.4, -0.2) is 64.8 Å². The standard InChI is InChI=1S/C32H38O8/c33-31(39-24-20-35-18-22-37-29-10-3-1-4-11-29)16-14-27-8-7-9-28(26-27)15-17-32(34)40-25-21-36-19-23-38-30-12-5-2-6-13-30/h1-13,26H,14-25H2. The van der Waals surface area contributed by atoms with E-state index in [4.69, 9.17) is 28.4 Å². The molecule has 8 nitrogen and oxygen atoms in total. The number of para-hydroxylation sites is 2. The zero-order valence-electron chi connectivity index (χ0n) is 22.8. The quantitative estimate of drug-likeness (QED) is 0.146. The fourth-order valence-electron chi connectivity index (χ4n) is 3.68. The van der Waals surface area contributed by atoms with Gasteiger partial charge >= 0.3 is 11.9 Å². The Balaban J connectivity index is 1.17. The summed E-state index contributed by atoms with van der Waals surface area (Å²) in [4.78, 5) is 24.1. The molecule has 0 N–H and O–H groups in total. The van der Waals surface area contributed by atoms with Crippen molar-refractivity contribution in [2.24, 2.45) is 0 Å². The molecule has 0 bridgehead atoms. The number of esters is 2. The maximum absolute atomic E-state index is 12.1. The Kier molecular flexibility index (Phi) is 14.7. The average Bonchev–Trinajstić information content (AvgIpc) is 2.99. The summed E-state index contributed by atoms with van der Waals surface area (Å²) in [7, 11) is 0. The molecule has 0 amide bonds. The van der Waals surface area contributed by atoms with E-state index in [0.717, 1.165) is 22.6 Å². The van der Waals surface area contributed by atoms with Crippen LogP contribution < -0.4 is 9.47 Å². The molecule has 0 saturated heterocycles. The van der Waals surface area contributed by atoms with E-state index in [1.54, 1.807) is 0 Å². The monoisotopic (exact) mass is 550 g/mol. The SMILES string of the molecule is O=C(CCc1cccc(CCC(=O)OCCOCCOc2ccccc2)c1)OCCOCCOc1ccccc1. The van der Waals surface area contributed by atoms with Gasteiger partial charge in [-0.1, -0.05) is 60.7 Å². The van der Waals surface area contributed by atoms with Crippen LogP contribution in [0.15, 0.2) is 84.9 Å². The van der Waals surface area contributed by atoms with Crippen LogP contribution in [0.3, 0.4) is 0 Å². The Bertz CT molecular complexity index is 1020. The van der Waals surface area contributed by atoms with Crippen molar-refractivity contribution in [3.05, 3.63) is 96.1 Å². The second kappa shape index (κ2) is 19.2. The van der Waals surface area contributed by atoms with E-state index in [1.165, 1.54) is 0 Å². The van der Waals surface area contributed by atoms with Gasteiger partial charge in [-0.2, -0.15) is 0 Å². The fraction of sp³-hybridized carbons (Fsp3) is 0.375. The minimum absolute atomic E-state index is 0.207. The Morgan fingerprint density at radius 3 is 1.35 bits per heavy atom. The Hall–Kier alpha value is -3.88. The van der Waals surface area contributed by atoms with Crippen LogP contribution in [0.2, 0.25) is 0 Å². The van der Waals surface area contributed by atoms with Gasteiger partial charge in [0.25, 0.3) is 0 Å². The summed E-state index contributed by atoms with van der Waals surface area (Å²) in [5, 5.41) is 0. The molecule has 0 atom stereocenters. The molecule has 0 aliphatic carbocycles. The van der Waals surface area contributed by atoms with Gasteiger partial charge in [0.05, 0.1) is 26.4 Å². The maximum atomic E-state index is 12.1. The number of hydrogen-bond acceptors (Lipinski definition) is 8. The first-order valence-electron chi connectivity index (χ1n) is 13.6. The molecule has 0 aliphatic heterocycles. The zero-order chi connectivity index (χ0) is 28.1. The summed E-state index contributed by atoms with van der Waals surface area (Å²) in [6.07, 6.45) is 1.68. The van der Waals surface area contributed by atoms with Crippen molar-refractivity contribution >= 4 is 11.9 Å². The molecule has 8 heteroatoms. The number of carbonyl (C=O) groups is 2.